The van der Waals surface area contributed by atoms with Crippen molar-refractivity contribution in [3.05, 3.63) is 53.6 Å². The van der Waals surface area contributed by atoms with E-state index in [0.29, 0.717) is 0 Å². The van der Waals surface area contributed by atoms with Gasteiger partial charge in [-0.2, -0.15) is 0 Å². The number of benzene rings is 1. The summed E-state index contributed by atoms with van der Waals surface area (Å²) in [6, 6.07) is 10.1. The third-order valence-electron chi connectivity index (χ3n) is 2.00. The quantitative estimate of drug-likeness (QED) is 0.402. The molecular formula is C13H14O. The minimum atomic E-state index is 0.810. The van der Waals surface area contributed by atoms with Gasteiger partial charge in [0, 0.05) is 0 Å². The molecule has 0 aliphatic rings. The Balaban J connectivity index is 2.90. The normalized spacial score (nSPS) is 12.7. The highest BCUT2D eigenvalue weighted by Crippen LogP contribution is 2.14. The van der Waals surface area contributed by atoms with Gasteiger partial charge < -0.3 is 0 Å². The summed E-state index contributed by atoms with van der Waals surface area (Å²) in [5.74, 6) is 0. The summed E-state index contributed by atoms with van der Waals surface area (Å²) in [4.78, 5) is 10.2. The molecule has 0 unspecified atom stereocenters. The van der Waals surface area contributed by atoms with Crippen molar-refractivity contribution in [1.29, 1.82) is 0 Å². The summed E-state index contributed by atoms with van der Waals surface area (Å²) in [7, 11) is 0. The first-order valence-corrected chi connectivity index (χ1v) is 4.60. The van der Waals surface area contributed by atoms with Crippen LogP contribution in [0, 0.1) is 0 Å². The van der Waals surface area contributed by atoms with E-state index in [2.05, 4.69) is 12.1 Å². The fourth-order valence-electron chi connectivity index (χ4n) is 1.28. The number of rotatable bonds is 3. The van der Waals surface area contributed by atoms with Gasteiger partial charge in [0.25, 0.3) is 0 Å². The Kier molecular flexibility index (Phi) is 3.86. The van der Waals surface area contributed by atoms with Crippen LogP contribution in [0.15, 0.2) is 48.1 Å². The van der Waals surface area contributed by atoms with Crippen LogP contribution in [0.4, 0.5) is 0 Å². The zero-order valence-electron chi connectivity index (χ0n) is 8.53. The van der Waals surface area contributed by atoms with Gasteiger partial charge in [0.15, 0.2) is 0 Å². The van der Waals surface area contributed by atoms with E-state index in [4.69, 9.17) is 0 Å². The molecule has 72 valence electrons. The third-order valence-corrected chi connectivity index (χ3v) is 2.00. The molecule has 14 heavy (non-hydrogen) atoms. The fraction of sp³-hybridized carbons (Fsp3) is 0.154. The molecule has 0 bridgehead atoms. The molecule has 0 saturated heterocycles. The summed E-state index contributed by atoms with van der Waals surface area (Å²) >= 11 is 0. The van der Waals surface area contributed by atoms with Crippen molar-refractivity contribution >= 4 is 11.9 Å². The van der Waals surface area contributed by atoms with Gasteiger partial charge in [0.05, 0.1) is 0 Å². The van der Waals surface area contributed by atoms with Crippen LogP contribution in [0.5, 0.6) is 0 Å². The molecule has 1 aromatic rings. The van der Waals surface area contributed by atoms with Crippen molar-refractivity contribution in [1.82, 2.24) is 0 Å². The van der Waals surface area contributed by atoms with Crippen LogP contribution in [0.2, 0.25) is 0 Å². The highest BCUT2D eigenvalue weighted by molar-refractivity contribution is 5.71. The topological polar surface area (TPSA) is 17.1 Å². The Morgan fingerprint density at radius 2 is 1.79 bits per heavy atom. The molecule has 0 spiro atoms. The summed E-state index contributed by atoms with van der Waals surface area (Å²) in [5, 5.41) is 0. The maximum Gasteiger partial charge on any atom is 0.143 e. The molecule has 1 aromatic carbocycles. The van der Waals surface area contributed by atoms with E-state index in [9.17, 15) is 4.79 Å². The highest BCUT2D eigenvalue weighted by Gasteiger charge is 1.93. The Morgan fingerprint density at radius 1 is 1.14 bits per heavy atom. The molecule has 1 nitrogen and oxygen atoms in total. The first-order valence-electron chi connectivity index (χ1n) is 4.60. The molecular weight excluding hydrogens is 172 g/mol. The van der Waals surface area contributed by atoms with Crippen LogP contribution in [0.3, 0.4) is 0 Å². The van der Waals surface area contributed by atoms with Crippen LogP contribution in [0.1, 0.15) is 19.4 Å². The number of hydrogen-bond acceptors (Lipinski definition) is 1. The standard InChI is InChI=1S/C13H14O/c1-11(8-9-14)10-12(2)13-6-4-3-5-7-13/h3-10H,1-2H3/b11-8-,12-10-. The Bertz CT molecular complexity index is 358. The van der Waals surface area contributed by atoms with Crippen molar-refractivity contribution in [3.63, 3.8) is 0 Å². The molecule has 0 aromatic heterocycles. The summed E-state index contributed by atoms with van der Waals surface area (Å²) in [6.45, 7) is 3.96. The van der Waals surface area contributed by atoms with Gasteiger partial charge in [-0.3, -0.25) is 4.79 Å². The summed E-state index contributed by atoms with van der Waals surface area (Å²) in [5.41, 5.74) is 3.33. The number of aldehydes is 1. The second-order valence-corrected chi connectivity index (χ2v) is 3.24. The molecule has 0 aliphatic heterocycles. The van der Waals surface area contributed by atoms with E-state index >= 15 is 0 Å². The lowest BCUT2D eigenvalue weighted by Gasteiger charge is -2.00. The largest absolute Gasteiger partial charge is 0.299 e. The molecule has 0 amide bonds. The average molecular weight is 186 g/mol. The first-order chi connectivity index (χ1) is 6.74. The van der Waals surface area contributed by atoms with E-state index < -0.39 is 0 Å². The summed E-state index contributed by atoms with van der Waals surface area (Å²) in [6.07, 6.45) is 4.38. The Morgan fingerprint density at radius 3 is 2.36 bits per heavy atom. The minimum Gasteiger partial charge on any atom is -0.299 e. The Labute approximate surface area is 84.8 Å². The number of hydrogen-bond donors (Lipinski definition) is 0. The second kappa shape index (κ2) is 5.18. The fourth-order valence-corrected chi connectivity index (χ4v) is 1.28. The van der Waals surface area contributed by atoms with Crippen molar-refractivity contribution in [2.75, 3.05) is 0 Å². The second-order valence-electron chi connectivity index (χ2n) is 3.24. The van der Waals surface area contributed by atoms with Crippen LogP contribution in [-0.4, -0.2) is 6.29 Å². The van der Waals surface area contributed by atoms with Crippen molar-refractivity contribution < 1.29 is 4.79 Å². The van der Waals surface area contributed by atoms with E-state index in [0.717, 1.165) is 11.9 Å². The van der Waals surface area contributed by atoms with Crippen LogP contribution < -0.4 is 0 Å². The first kappa shape index (κ1) is 10.5. The molecule has 0 radical (unpaired) electrons. The lowest BCUT2D eigenvalue weighted by molar-refractivity contribution is -0.104. The van der Waals surface area contributed by atoms with Gasteiger partial charge in [0.1, 0.15) is 6.29 Å². The smallest absolute Gasteiger partial charge is 0.143 e. The molecule has 0 heterocycles. The molecule has 1 heteroatoms. The lowest BCUT2D eigenvalue weighted by Crippen LogP contribution is -1.79. The molecule has 1 rings (SSSR count). The van der Waals surface area contributed by atoms with Crippen molar-refractivity contribution in [3.8, 4) is 0 Å². The van der Waals surface area contributed by atoms with Crippen molar-refractivity contribution in [2.45, 2.75) is 13.8 Å². The molecule has 0 aliphatic carbocycles. The highest BCUT2D eigenvalue weighted by atomic mass is 16.1. The molecule has 0 N–H and O–H groups in total. The van der Waals surface area contributed by atoms with Crippen LogP contribution in [-0.2, 0) is 4.79 Å². The third kappa shape index (κ3) is 3.02. The van der Waals surface area contributed by atoms with E-state index in [-0.39, 0.29) is 0 Å². The zero-order valence-corrected chi connectivity index (χ0v) is 8.53. The van der Waals surface area contributed by atoms with Crippen molar-refractivity contribution in [2.24, 2.45) is 0 Å². The predicted octanol–water partition coefficient (Wildman–Crippen LogP) is 3.24. The summed E-state index contributed by atoms with van der Waals surface area (Å²) < 4.78 is 0. The average Bonchev–Trinajstić information content (AvgIpc) is 2.19. The van der Waals surface area contributed by atoms with Crippen LogP contribution in [0.25, 0.3) is 5.57 Å². The molecule has 0 fully saturated rings. The monoisotopic (exact) mass is 186 g/mol. The minimum absolute atomic E-state index is 0.810. The van der Waals surface area contributed by atoms with Gasteiger partial charge in [0.2, 0.25) is 0 Å². The number of allylic oxidation sites excluding steroid dienone is 4. The van der Waals surface area contributed by atoms with Crippen LogP contribution >= 0.6 is 0 Å². The maximum absolute atomic E-state index is 10.2. The lowest BCUT2D eigenvalue weighted by atomic mass is 10.1. The number of carbonyl (C=O) groups excluding carboxylic acids is 1. The molecule has 0 saturated carbocycles. The van der Waals surface area contributed by atoms with Gasteiger partial charge in [-0.25, -0.2) is 0 Å². The van der Waals surface area contributed by atoms with Gasteiger partial charge in [-0.15, -0.1) is 0 Å². The zero-order chi connectivity index (χ0) is 10.4. The van der Waals surface area contributed by atoms with E-state index in [1.807, 2.05) is 38.1 Å². The van der Waals surface area contributed by atoms with Gasteiger partial charge in [-0.05, 0) is 36.6 Å². The van der Waals surface area contributed by atoms with E-state index in [1.165, 1.54) is 11.1 Å². The number of carbonyl (C=O) groups is 1. The predicted molar refractivity (Wildman–Crippen MR) is 59.9 cm³/mol. The molecule has 0 atom stereocenters. The Hall–Kier alpha value is -1.63. The van der Waals surface area contributed by atoms with Gasteiger partial charge >= 0.3 is 0 Å². The van der Waals surface area contributed by atoms with Gasteiger partial charge in [-0.1, -0.05) is 36.4 Å². The maximum atomic E-state index is 10.2. The SMILES string of the molecule is CC(=C/C=O)/C=C(/C)c1ccccc1. The van der Waals surface area contributed by atoms with E-state index in [1.54, 1.807) is 6.08 Å².